The molecule has 0 aliphatic heterocycles. The van der Waals surface area contributed by atoms with Gasteiger partial charge in [-0.25, -0.2) is 0 Å². The van der Waals surface area contributed by atoms with Crippen LogP contribution in [0.3, 0.4) is 0 Å². The third-order valence-electron chi connectivity index (χ3n) is 3.01. The summed E-state index contributed by atoms with van der Waals surface area (Å²) in [6.45, 7) is 0.481. The van der Waals surface area contributed by atoms with Gasteiger partial charge in [-0.05, 0) is 40.9 Å². The van der Waals surface area contributed by atoms with Gasteiger partial charge in [0.2, 0.25) is 5.91 Å². The summed E-state index contributed by atoms with van der Waals surface area (Å²) in [4.78, 5) is 11.7. The summed E-state index contributed by atoms with van der Waals surface area (Å²) >= 11 is 1.59. The van der Waals surface area contributed by atoms with Crippen LogP contribution in [-0.2, 0) is 18.3 Å². The summed E-state index contributed by atoms with van der Waals surface area (Å²) in [6, 6.07) is 5.73. The Morgan fingerprint density at radius 2 is 2.37 bits per heavy atom. The van der Waals surface area contributed by atoms with Gasteiger partial charge in [-0.1, -0.05) is 0 Å². The molecular weight excluding hydrogens is 260 g/mol. The predicted octanol–water partition coefficient (Wildman–Crippen LogP) is 1.87. The van der Waals surface area contributed by atoms with Gasteiger partial charge in [-0.3, -0.25) is 4.79 Å². The lowest BCUT2D eigenvalue weighted by Crippen LogP contribution is -2.27. The molecule has 0 saturated heterocycles. The summed E-state index contributed by atoms with van der Waals surface area (Å²) in [5.41, 5.74) is 1.90. The highest BCUT2D eigenvalue weighted by Gasteiger charge is 2.11. The Morgan fingerprint density at radius 3 is 3.00 bits per heavy atom. The van der Waals surface area contributed by atoms with E-state index in [1.165, 1.54) is 0 Å². The molecule has 0 spiro atoms. The van der Waals surface area contributed by atoms with E-state index in [4.69, 9.17) is 0 Å². The maximum absolute atomic E-state index is 11.7. The molecule has 0 aromatic carbocycles. The first-order chi connectivity index (χ1) is 9.16. The van der Waals surface area contributed by atoms with Gasteiger partial charge >= 0.3 is 0 Å². The van der Waals surface area contributed by atoms with E-state index in [-0.39, 0.29) is 5.91 Å². The molecule has 2 aromatic heterocycles. The topological polar surface area (TPSA) is 54.3 Å². The average molecular weight is 278 g/mol. The van der Waals surface area contributed by atoms with Crippen molar-refractivity contribution in [3.8, 4) is 0 Å². The fraction of sp³-hybridized carbons (Fsp3) is 0.357. The summed E-state index contributed by atoms with van der Waals surface area (Å²) in [5.74, 6) is -0.00233. The van der Waals surface area contributed by atoms with Crippen LogP contribution >= 0.6 is 11.3 Å². The lowest BCUT2D eigenvalue weighted by Gasteiger charge is -2.12. The Labute approximate surface area is 116 Å². The summed E-state index contributed by atoms with van der Waals surface area (Å²) in [6.07, 6.45) is 2.28. The van der Waals surface area contributed by atoms with E-state index in [0.717, 1.165) is 11.3 Å². The number of nitrogens with zero attached hydrogens (tertiary/aromatic N) is 1. The van der Waals surface area contributed by atoms with Crippen molar-refractivity contribution >= 4 is 17.2 Å². The molecule has 2 aromatic rings. The minimum atomic E-state index is -0.540. The van der Waals surface area contributed by atoms with Crippen LogP contribution < -0.4 is 5.32 Å². The first kappa shape index (κ1) is 13.8. The summed E-state index contributed by atoms with van der Waals surface area (Å²) in [7, 11) is 1.90. The second-order valence-electron chi connectivity index (χ2n) is 4.51. The number of carbonyl (C=O) groups excluding carboxylic acids is 1. The van der Waals surface area contributed by atoms with E-state index in [1.54, 1.807) is 11.3 Å². The highest BCUT2D eigenvalue weighted by molar-refractivity contribution is 7.07. The fourth-order valence-electron chi connectivity index (χ4n) is 1.96. The SMILES string of the molecule is Cn1cccc1[C@@H](O)CCNC(=O)Cc1ccsc1. The Kier molecular flexibility index (Phi) is 4.76. The van der Waals surface area contributed by atoms with Crippen molar-refractivity contribution in [3.63, 3.8) is 0 Å². The predicted molar refractivity (Wildman–Crippen MR) is 76.0 cm³/mol. The highest BCUT2D eigenvalue weighted by Crippen LogP contribution is 2.15. The lowest BCUT2D eigenvalue weighted by molar-refractivity contribution is -0.120. The Bertz CT molecular complexity index is 519. The number of carbonyl (C=O) groups is 1. The van der Waals surface area contributed by atoms with Crippen LogP contribution in [-0.4, -0.2) is 22.1 Å². The molecule has 5 heteroatoms. The number of hydrogen-bond acceptors (Lipinski definition) is 3. The first-order valence-electron chi connectivity index (χ1n) is 6.24. The maximum Gasteiger partial charge on any atom is 0.224 e. The third-order valence-corrected chi connectivity index (χ3v) is 3.74. The number of aliphatic hydroxyl groups is 1. The molecule has 0 bridgehead atoms. The van der Waals surface area contributed by atoms with Crippen LogP contribution in [0.15, 0.2) is 35.2 Å². The first-order valence-corrected chi connectivity index (χ1v) is 7.18. The van der Waals surface area contributed by atoms with E-state index in [2.05, 4.69) is 5.32 Å². The molecule has 1 atom stereocenters. The number of aryl methyl sites for hydroxylation is 1. The van der Waals surface area contributed by atoms with Crippen molar-refractivity contribution < 1.29 is 9.90 Å². The lowest BCUT2D eigenvalue weighted by atomic mass is 10.2. The van der Waals surface area contributed by atoms with E-state index >= 15 is 0 Å². The van der Waals surface area contributed by atoms with Crippen molar-refractivity contribution in [2.24, 2.45) is 7.05 Å². The minimum absolute atomic E-state index is 0.00233. The average Bonchev–Trinajstić information content (AvgIpc) is 3.00. The van der Waals surface area contributed by atoms with Gasteiger partial charge in [-0.2, -0.15) is 11.3 Å². The zero-order valence-electron chi connectivity index (χ0n) is 10.9. The van der Waals surface area contributed by atoms with E-state index < -0.39 is 6.10 Å². The normalized spacial score (nSPS) is 12.3. The molecule has 0 unspecified atom stereocenters. The zero-order valence-corrected chi connectivity index (χ0v) is 11.7. The van der Waals surface area contributed by atoms with Crippen LogP contribution in [0.2, 0.25) is 0 Å². The monoisotopic (exact) mass is 278 g/mol. The number of amides is 1. The molecule has 2 N–H and O–H groups in total. The summed E-state index contributed by atoms with van der Waals surface area (Å²) in [5, 5.41) is 16.7. The van der Waals surface area contributed by atoms with Gasteiger partial charge in [0.1, 0.15) is 0 Å². The molecule has 0 aliphatic carbocycles. The number of thiophene rings is 1. The number of hydrogen-bond donors (Lipinski definition) is 2. The van der Waals surface area contributed by atoms with Gasteiger partial charge in [0.25, 0.3) is 0 Å². The van der Waals surface area contributed by atoms with Crippen LogP contribution in [0.1, 0.15) is 23.8 Å². The van der Waals surface area contributed by atoms with Gasteiger partial charge in [0.05, 0.1) is 12.5 Å². The molecule has 0 fully saturated rings. The fourth-order valence-corrected chi connectivity index (χ4v) is 2.63. The third kappa shape index (κ3) is 3.94. The highest BCUT2D eigenvalue weighted by atomic mass is 32.1. The molecule has 19 heavy (non-hydrogen) atoms. The van der Waals surface area contributed by atoms with Gasteiger partial charge < -0.3 is 15.0 Å². The van der Waals surface area contributed by atoms with E-state index in [0.29, 0.717) is 19.4 Å². The van der Waals surface area contributed by atoms with Gasteiger partial charge in [0.15, 0.2) is 0 Å². The second-order valence-corrected chi connectivity index (χ2v) is 5.29. The van der Waals surface area contributed by atoms with Crippen molar-refractivity contribution in [2.45, 2.75) is 18.9 Å². The molecule has 102 valence electrons. The molecule has 2 rings (SSSR count). The molecule has 4 nitrogen and oxygen atoms in total. The molecule has 0 saturated carbocycles. The Balaban J connectivity index is 1.72. The molecule has 0 radical (unpaired) electrons. The van der Waals surface area contributed by atoms with Crippen LogP contribution in [0, 0.1) is 0 Å². The van der Waals surface area contributed by atoms with Crippen LogP contribution in [0.25, 0.3) is 0 Å². The Morgan fingerprint density at radius 1 is 1.53 bits per heavy atom. The number of rotatable bonds is 6. The Hall–Kier alpha value is -1.59. The zero-order chi connectivity index (χ0) is 13.7. The number of nitrogens with one attached hydrogen (secondary N) is 1. The molecule has 1 amide bonds. The molecule has 2 heterocycles. The van der Waals surface area contributed by atoms with Gasteiger partial charge in [0, 0.05) is 25.5 Å². The van der Waals surface area contributed by atoms with Crippen molar-refractivity contribution in [2.75, 3.05) is 6.54 Å². The largest absolute Gasteiger partial charge is 0.387 e. The number of aromatic nitrogens is 1. The standard InChI is InChI=1S/C14H18N2O2S/c1-16-7-2-3-12(16)13(17)4-6-15-14(18)9-11-5-8-19-10-11/h2-3,5,7-8,10,13,17H,4,6,9H2,1H3,(H,15,18)/t13-/m0/s1. The van der Waals surface area contributed by atoms with Gasteiger partial charge in [-0.15, -0.1) is 0 Å². The van der Waals surface area contributed by atoms with Crippen molar-refractivity contribution in [3.05, 3.63) is 46.4 Å². The van der Waals surface area contributed by atoms with Crippen molar-refractivity contribution in [1.82, 2.24) is 9.88 Å². The van der Waals surface area contributed by atoms with Crippen LogP contribution in [0.4, 0.5) is 0 Å². The minimum Gasteiger partial charge on any atom is -0.387 e. The maximum atomic E-state index is 11.7. The molecular formula is C14H18N2O2S. The number of aliphatic hydroxyl groups excluding tert-OH is 1. The van der Waals surface area contributed by atoms with Crippen LogP contribution in [0.5, 0.6) is 0 Å². The molecule has 0 aliphatic rings. The van der Waals surface area contributed by atoms with Crippen molar-refractivity contribution in [1.29, 1.82) is 0 Å². The quantitative estimate of drug-likeness (QED) is 0.847. The van der Waals surface area contributed by atoms with E-state index in [9.17, 15) is 9.90 Å². The second kappa shape index (κ2) is 6.54. The smallest absolute Gasteiger partial charge is 0.224 e. The van der Waals surface area contributed by atoms with E-state index in [1.807, 2.05) is 46.8 Å². The summed E-state index contributed by atoms with van der Waals surface area (Å²) < 4.78 is 1.89.